The van der Waals surface area contributed by atoms with Crippen molar-refractivity contribution >= 4 is 28.2 Å². The van der Waals surface area contributed by atoms with E-state index in [4.69, 9.17) is 0 Å². The van der Waals surface area contributed by atoms with E-state index in [1.807, 2.05) is 23.1 Å². The molecule has 2 aromatic rings. The Labute approximate surface area is 166 Å². The summed E-state index contributed by atoms with van der Waals surface area (Å²) in [6.07, 6.45) is 1.16. The number of carbonyl (C=O) groups is 1. The Bertz CT molecular complexity index is 933. The van der Waals surface area contributed by atoms with Gasteiger partial charge < -0.3 is 10.2 Å². The van der Waals surface area contributed by atoms with Crippen LogP contribution in [0.3, 0.4) is 0 Å². The molecule has 0 unspecified atom stereocenters. The number of hydrogen-bond acceptors (Lipinski definition) is 4. The lowest BCUT2D eigenvalue weighted by atomic mass is 9.89. The molecule has 3 atom stereocenters. The average molecular weight is 407 g/mol. The standard InChI is InChI=1S/C20H22N2O3S.ClH/c1-26(24,25)17-9-5-8-15(10-17)20(23)22-13-16-11-21-12-18(16)19(22)14-6-3-2-4-7-14;/h2-10,16,18-19,21H,11-13H2,1H3;1H/t16-,18-,19-;/m0./s1. The van der Waals surface area contributed by atoms with E-state index >= 15 is 0 Å². The van der Waals surface area contributed by atoms with E-state index in [-0.39, 0.29) is 29.3 Å². The number of amides is 1. The van der Waals surface area contributed by atoms with Gasteiger partial charge in [-0.1, -0.05) is 36.4 Å². The number of hydrogen-bond donors (Lipinski definition) is 1. The largest absolute Gasteiger partial charge is 0.331 e. The zero-order valence-electron chi connectivity index (χ0n) is 15.0. The van der Waals surface area contributed by atoms with Gasteiger partial charge in [-0.15, -0.1) is 12.4 Å². The molecule has 0 saturated carbocycles. The maximum atomic E-state index is 13.3. The molecular weight excluding hydrogens is 384 g/mol. The first kappa shape index (κ1) is 19.9. The van der Waals surface area contributed by atoms with E-state index in [9.17, 15) is 13.2 Å². The van der Waals surface area contributed by atoms with Crippen LogP contribution in [0.25, 0.3) is 0 Å². The highest BCUT2D eigenvalue weighted by Gasteiger charge is 2.46. The molecule has 0 bridgehead atoms. The summed E-state index contributed by atoms with van der Waals surface area (Å²) in [5.41, 5.74) is 1.57. The van der Waals surface area contributed by atoms with Gasteiger partial charge in [0.25, 0.3) is 5.91 Å². The van der Waals surface area contributed by atoms with Gasteiger partial charge in [0.1, 0.15) is 0 Å². The smallest absolute Gasteiger partial charge is 0.254 e. The van der Waals surface area contributed by atoms with E-state index in [1.165, 1.54) is 12.1 Å². The van der Waals surface area contributed by atoms with Crippen LogP contribution in [0, 0.1) is 11.8 Å². The predicted molar refractivity (Wildman–Crippen MR) is 107 cm³/mol. The Balaban J connectivity index is 0.00000210. The van der Waals surface area contributed by atoms with Crippen LogP contribution in [0.5, 0.6) is 0 Å². The third kappa shape index (κ3) is 3.74. The molecule has 1 N–H and O–H groups in total. The minimum atomic E-state index is -3.34. The summed E-state index contributed by atoms with van der Waals surface area (Å²) in [7, 11) is -3.34. The van der Waals surface area contributed by atoms with E-state index < -0.39 is 9.84 Å². The fraction of sp³-hybridized carbons (Fsp3) is 0.350. The molecule has 27 heavy (non-hydrogen) atoms. The molecule has 1 amide bonds. The lowest BCUT2D eigenvalue weighted by Gasteiger charge is -2.28. The number of nitrogens with one attached hydrogen (secondary N) is 1. The summed E-state index contributed by atoms with van der Waals surface area (Å²) in [6, 6.07) is 16.5. The summed E-state index contributed by atoms with van der Waals surface area (Å²) >= 11 is 0. The van der Waals surface area contributed by atoms with Crippen molar-refractivity contribution in [2.75, 3.05) is 25.9 Å². The molecule has 0 aromatic heterocycles. The first-order valence-corrected chi connectivity index (χ1v) is 10.7. The quantitative estimate of drug-likeness (QED) is 0.850. The molecule has 0 spiro atoms. The van der Waals surface area contributed by atoms with Gasteiger partial charge in [-0.2, -0.15) is 0 Å². The Kier molecular flexibility index (Phi) is 5.60. The molecule has 2 saturated heterocycles. The highest BCUT2D eigenvalue weighted by molar-refractivity contribution is 7.90. The van der Waals surface area contributed by atoms with Crippen molar-refractivity contribution in [2.24, 2.45) is 11.8 Å². The van der Waals surface area contributed by atoms with Crippen molar-refractivity contribution < 1.29 is 13.2 Å². The Morgan fingerprint density at radius 1 is 1.07 bits per heavy atom. The molecular formula is C20H23ClN2O3S. The van der Waals surface area contributed by atoms with Crippen LogP contribution >= 0.6 is 12.4 Å². The Hall–Kier alpha value is -1.89. The topological polar surface area (TPSA) is 66.5 Å². The van der Waals surface area contributed by atoms with Crippen molar-refractivity contribution in [3.8, 4) is 0 Å². The lowest BCUT2D eigenvalue weighted by Crippen LogP contribution is -2.34. The molecule has 2 heterocycles. The maximum Gasteiger partial charge on any atom is 0.254 e. The summed E-state index contributed by atoms with van der Waals surface area (Å²) in [5, 5.41) is 3.43. The second kappa shape index (κ2) is 7.62. The highest BCUT2D eigenvalue weighted by Crippen LogP contribution is 2.43. The zero-order chi connectivity index (χ0) is 18.3. The van der Waals surface area contributed by atoms with Crippen molar-refractivity contribution in [2.45, 2.75) is 10.9 Å². The van der Waals surface area contributed by atoms with Gasteiger partial charge in [0, 0.05) is 37.4 Å². The number of nitrogens with zero attached hydrogens (tertiary/aromatic N) is 1. The van der Waals surface area contributed by atoms with Crippen molar-refractivity contribution in [3.05, 3.63) is 65.7 Å². The maximum absolute atomic E-state index is 13.3. The molecule has 0 radical (unpaired) electrons. The number of likely N-dealkylation sites (tertiary alicyclic amines) is 1. The van der Waals surface area contributed by atoms with Gasteiger partial charge in [-0.25, -0.2) is 8.42 Å². The van der Waals surface area contributed by atoms with Crippen LogP contribution in [0.4, 0.5) is 0 Å². The van der Waals surface area contributed by atoms with Gasteiger partial charge >= 0.3 is 0 Å². The molecule has 2 aliphatic rings. The van der Waals surface area contributed by atoms with E-state index in [1.54, 1.807) is 12.1 Å². The van der Waals surface area contributed by atoms with Gasteiger partial charge in [-0.05, 0) is 29.7 Å². The fourth-order valence-electron chi connectivity index (χ4n) is 4.23. The van der Waals surface area contributed by atoms with Crippen LogP contribution in [0.1, 0.15) is 22.0 Å². The van der Waals surface area contributed by atoms with Crippen LogP contribution in [-0.4, -0.2) is 45.1 Å². The number of halogens is 1. The number of rotatable bonds is 3. The predicted octanol–water partition coefficient (Wildman–Crippen LogP) is 2.54. The summed E-state index contributed by atoms with van der Waals surface area (Å²) in [4.78, 5) is 15.4. The van der Waals surface area contributed by atoms with Gasteiger partial charge in [-0.3, -0.25) is 4.79 Å². The third-order valence-corrected chi connectivity index (χ3v) is 6.59. The van der Waals surface area contributed by atoms with Crippen LogP contribution in [0.15, 0.2) is 59.5 Å². The van der Waals surface area contributed by atoms with Crippen LogP contribution < -0.4 is 5.32 Å². The van der Waals surface area contributed by atoms with E-state index in [0.717, 1.165) is 24.9 Å². The molecule has 2 fully saturated rings. The second-order valence-corrected chi connectivity index (χ2v) is 9.21. The minimum absolute atomic E-state index is 0. The van der Waals surface area contributed by atoms with Crippen molar-refractivity contribution in [1.82, 2.24) is 10.2 Å². The monoisotopic (exact) mass is 406 g/mol. The first-order chi connectivity index (χ1) is 12.4. The average Bonchev–Trinajstić information content (AvgIpc) is 3.22. The molecule has 5 nitrogen and oxygen atoms in total. The van der Waals surface area contributed by atoms with E-state index in [0.29, 0.717) is 23.9 Å². The number of sulfone groups is 1. The number of fused-ring (bicyclic) bond motifs is 1. The molecule has 0 aliphatic carbocycles. The summed E-state index contributed by atoms with van der Waals surface area (Å²) in [5.74, 6) is 0.723. The molecule has 7 heteroatoms. The first-order valence-electron chi connectivity index (χ1n) is 8.82. The van der Waals surface area contributed by atoms with Crippen molar-refractivity contribution in [3.63, 3.8) is 0 Å². The van der Waals surface area contributed by atoms with Gasteiger partial charge in [0.15, 0.2) is 9.84 Å². The Morgan fingerprint density at radius 3 is 2.52 bits per heavy atom. The molecule has 144 valence electrons. The van der Waals surface area contributed by atoms with Gasteiger partial charge in [0.05, 0.1) is 10.9 Å². The van der Waals surface area contributed by atoms with E-state index in [2.05, 4.69) is 17.4 Å². The second-order valence-electron chi connectivity index (χ2n) is 7.20. The third-order valence-electron chi connectivity index (χ3n) is 5.48. The van der Waals surface area contributed by atoms with Crippen LogP contribution in [-0.2, 0) is 9.84 Å². The Morgan fingerprint density at radius 2 is 1.81 bits per heavy atom. The van der Waals surface area contributed by atoms with Gasteiger partial charge in [0.2, 0.25) is 0 Å². The highest BCUT2D eigenvalue weighted by atomic mass is 35.5. The van der Waals surface area contributed by atoms with Crippen LogP contribution in [0.2, 0.25) is 0 Å². The number of benzene rings is 2. The van der Waals surface area contributed by atoms with Crippen molar-refractivity contribution in [1.29, 1.82) is 0 Å². The lowest BCUT2D eigenvalue weighted by molar-refractivity contribution is 0.0714. The minimum Gasteiger partial charge on any atom is -0.331 e. The summed E-state index contributed by atoms with van der Waals surface area (Å²) in [6.45, 7) is 2.51. The summed E-state index contributed by atoms with van der Waals surface area (Å²) < 4.78 is 23.7. The SMILES string of the molecule is CS(=O)(=O)c1cccc(C(=O)N2C[C@@H]3CNC[C@@H]3[C@@H]2c2ccccc2)c1.Cl. The zero-order valence-corrected chi connectivity index (χ0v) is 16.7. The molecule has 2 aliphatic heterocycles. The number of carbonyl (C=O) groups excluding carboxylic acids is 1. The fourth-order valence-corrected chi connectivity index (χ4v) is 4.90. The molecule has 4 rings (SSSR count). The normalized spacial score (nSPS) is 24.3. The molecule has 2 aromatic carbocycles.